The van der Waals surface area contributed by atoms with Crippen LogP contribution in [-0.2, 0) is 0 Å². The third-order valence-corrected chi connectivity index (χ3v) is 2.84. The van der Waals surface area contributed by atoms with Gasteiger partial charge in [0.05, 0.1) is 12.6 Å². The van der Waals surface area contributed by atoms with Gasteiger partial charge in [0.1, 0.15) is 23.5 Å². The Bertz CT molecular complexity index is 367. The lowest BCUT2D eigenvalue weighted by atomic mass is 10.0. The number of hydrogen-bond donors (Lipinski definition) is 2. The zero-order chi connectivity index (χ0) is 12.3. The van der Waals surface area contributed by atoms with Crippen molar-refractivity contribution in [2.45, 2.75) is 25.0 Å². The highest BCUT2D eigenvalue weighted by Crippen LogP contribution is 2.21. The highest BCUT2D eigenvalue weighted by Gasteiger charge is 2.25. The van der Waals surface area contributed by atoms with Crippen LogP contribution in [0.2, 0.25) is 0 Å². The lowest BCUT2D eigenvalue weighted by molar-refractivity contribution is 0.0828. The molecular weight excluding hydrogens is 228 g/mol. The molecule has 0 spiro atoms. The number of aliphatic hydroxyl groups excluding tert-OH is 1. The van der Waals surface area contributed by atoms with E-state index in [0.29, 0.717) is 0 Å². The van der Waals surface area contributed by atoms with Crippen LogP contribution in [0.5, 0.6) is 5.75 Å². The summed E-state index contributed by atoms with van der Waals surface area (Å²) in [6.45, 7) is 0.769. The average molecular weight is 243 g/mol. The van der Waals surface area contributed by atoms with Crippen molar-refractivity contribution in [1.82, 2.24) is 5.32 Å². The number of benzene rings is 1. The molecule has 2 N–H and O–H groups in total. The number of rotatable bonds is 3. The summed E-state index contributed by atoms with van der Waals surface area (Å²) in [7, 11) is 0. The Labute approximate surface area is 98.4 Å². The highest BCUT2D eigenvalue weighted by atomic mass is 19.1. The van der Waals surface area contributed by atoms with Crippen LogP contribution in [0.15, 0.2) is 18.2 Å². The zero-order valence-electron chi connectivity index (χ0n) is 9.33. The molecule has 1 unspecified atom stereocenters. The number of halogens is 2. The SMILES string of the molecule is OCC1NCCC[C@@H]1Oc1cc(F)cc(F)c1. The summed E-state index contributed by atoms with van der Waals surface area (Å²) in [4.78, 5) is 0. The van der Waals surface area contributed by atoms with Crippen LogP contribution < -0.4 is 10.1 Å². The van der Waals surface area contributed by atoms with Gasteiger partial charge in [-0.1, -0.05) is 0 Å². The summed E-state index contributed by atoms with van der Waals surface area (Å²) in [5, 5.41) is 12.3. The normalized spacial score (nSPS) is 24.6. The number of aliphatic hydroxyl groups is 1. The molecule has 3 nitrogen and oxygen atoms in total. The second-order valence-electron chi connectivity index (χ2n) is 4.15. The summed E-state index contributed by atoms with van der Waals surface area (Å²) in [6, 6.07) is 2.91. The fourth-order valence-electron chi connectivity index (χ4n) is 2.02. The summed E-state index contributed by atoms with van der Waals surface area (Å²) in [5.41, 5.74) is 0. The summed E-state index contributed by atoms with van der Waals surface area (Å²) < 4.78 is 31.5. The van der Waals surface area contributed by atoms with E-state index in [4.69, 9.17) is 9.84 Å². The molecule has 0 amide bonds. The van der Waals surface area contributed by atoms with Gasteiger partial charge < -0.3 is 15.2 Å². The molecule has 1 aromatic rings. The van der Waals surface area contributed by atoms with Crippen LogP contribution in [0.3, 0.4) is 0 Å². The highest BCUT2D eigenvalue weighted by molar-refractivity contribution is 5.24. The smallest absolute Gasteiger partial charge is 0.129 e. The van der Waals surface area contributed by atoms with Crippen molar-refractivity contribution in [3.05, 3.63) is 29.8 Å². The van der Waals surface area contributed by atoms with Crippen LogP contribution >= 0.6 is 0 Å². The standard InChI is InChI=1S/C12H15F2NO2/c13-8-4-9(14)6-10(5-8)17-12-2-1-3-15-11(12)7-16/h4-6,11-12,15-16H,1-3,7H2/t11?,12-/m0/s1. The third-order valence-electron chi connectivity index (χ3n) is 2.84. The van der Waals surface area contributed by atoms with Crippen LogP contribution in [0, 0.1) is 11.6 Å². The number of hydrogen-bond acceptors (Lipinski definition) is 3. The molecule has 1 aliphatic rings. The van der Waals surface area contributed by atoms with Gasteiger partial charge in [0, 0.05) is 18.2 Å². The maximum atomic E-state index is 13.0. The second-order valence-corrected chi connectivity index (χ2v) is 4.15. The predicted octanol–water partition coefficient (Wildman–Crippen LogP) is 1.46. The van der Waals surface area contributed by atoms with Gasteiger partial charge in [0.15, 0.2) is 0 Å². The van der Waals surface area contributed by atoms with Gasteiger partial charge in [0.2, 0.25) is 0 Å². The Kier molecular flexibility index (Phi) is 3.91. The molecule has 1 fully saturated rings. The molecule has 17 heavy (non-hydrogen) atoms. The fourth-order valence-corrected chi connectivity index (χ4v) is 2.02. The van der Waals surface area contributed by atoms with E-state index in [1.165, 1.54) is 0 Å². The summed E-state index contributed by atoms with van der Waals surface area (Å²) >= 11 is 0. The zero-order valence-corrected chi connectivity index (χ0v) is 9.33. The van der Waals surface area contributed by atoms with Gasteiger partial charge in [-0.25, -0.2) is 8.78 Å². The molecule has 1 aliphatic heterocycles. The summed E-state index contributed by atoms with van der Waals surface area (Å²) in [5.74, 6) is -1.16. The van der Waals surface area contributed by atoms with Crippen LogP contribution in [-0.4, -0.2) is 30.4 Å². The topological polar surface area (TPSA) is 41.5 Å². The Morgan fingerprint density at radius 1 is 1.29 bits per heavy atom. The maximum Gasteiger partial charge on any atom is 0.129 e. The van der Waals surface area contributed by atoms with E-state index in [2.05, 4.69) is 5.32 Å². The van der Waals surface area contributed by atoms with Gasteiger partial charge >= 0.3 is 0 Å². The van der Waals surface area contributed by atoms with E-state index in [1.54, 1.807) is 0 Å². The van der Waals surface area contributed by atoms with Gasteiger partial charge in [0.25, 0.3) is 0 Å². The fraction of sp³-hybridized carbons (Fsp3) is 0.500. The average Bonchev–Trinajstić information content (AvgIpc) is 2.28. The Hall–Kier alpha value is -1.20. The molecule has 2 rings (SSSR count). The lowest BCUT2D eigenvalue weighted by Crippen LogP contribution is -2.49. The molecule has 0 aliphatic carbocycles. The van der Waals surface area contributed by atoms with E-state index in [1.807, 2.05) is 0 Å². The molecule has 0 aromatic heterocycles. The van der Waals surface area contributed by atoms with Crippen molar-refractivity contribution in [2.24, 2.45) is 0 Å². The van der Waals surface area contributed by atoms with E-state index < -0.39 is 11.6 Å². The first-order valence-corrected chi connectivity index (χ1v) is 5.66. The van der Waals surface area contributed by atoms with Crippen molar-refractivity contribution in [1.29, 1.82) is 0 Å². The Morgan fingerprint density at radius 2 is 2.00 bits per heavy atom. The first-order chi connectivity index (χ1) is 8.19. The van der Waals surface area contributed by atoms with Crippen LogP contribution in [0.25, 0.3) is 0 Å². The quantitative estimate of drug-likeness (QED) is 0.844. The maximum absolute atomic E-state index is 13.0. The molecular formula is C12H15F2NO2. The van der Waals surface area contributed by atoms with E-state index >= 15 is 0 Å². The van der Waals surface area contributed by atoms with E-state index in [0.717, 1.165) is 37.6 Å². The van der Waals surface area contributed by atoms with Crippen molar-refractivity contribution in [3.63, 3.8) is 0 Å². The Morgan fingerprint density at radius 3 is 2.65 bits per heavy atom. The molecule has 0 bridgehead atoms. The molecule has 0 radical (unpaired) electrons. The molecule has 2 atom stereocenters. The third kappa shape index (κ3) is 3.14. The minimum atomic E-state index is -0.663. The number of nitrogens with one attached hydrogen (secondary N) is 1. The monoisotopic (exact) mass is 243 g/mol. The summed E-state index contributed by atoms with van der Waals surface area (Å²) in [6.07, 6.45) is 1.42. The van der Waals surface area contributed by atoms with Gasteiger partial charge in [-0.05, 0) is 19.4 Å². The minimum Gasteiger partial charge on any atom is -0.488 e. The molecule has 5 heteroatoms. The first-order valence-electron chi connectivity index (χ1n) is 5.66. The minimum absolute atomic E-state index is 0.0531. The van der Waals surface area contributed by atoms with Crippen LogP contribution in [0.1, 0.15) is 12.8 Å². The molecule has 1 heterocycles. The number of piperidine rings is 1. The van der Waals surface area contributed by atoms with Crippen molar-refractivity contribution in [2.75, 3.05) is 13.2 Å². The molecule has 1 aromatic carbocycles. The number of ether oxygens (including phenoxy) is 1. The molecule has 94 valence electrons. The second kappa shape index (κ2) is 5.42. The van der Waals surface area contributed by atoms with Crippen molar-refractivity contribution < 1.29 is 18.6 Å². The van der Waals surface area contributed by atoms with Gasteiger partial charge in [-0.15, -0.1) is 0 Å². The lowest BCUT2D eigenvalue weighted by Gasteiger charge is -2.31. The van der Waals surface area contributed by atoms with E-state index in [-0.39, 0.29) is 24.5 Å². The van der Waals surface area contributed by atoms with Crippen molar-refractivity contribution >= 4 is 0 Å². The largest absolute Gasteiger partial charge is 0.488 e. The van der Waals surface area contributed by atoms with Crippen molar-refractivity contribution in [3.8, 4) is 5.75 Å². The van der Waals surface area contributed by atoms with Gasteiger partial charge in [-0.2, -0.15) is 0 Å². The Balaban J connectivity index is 2.08. The molecule has 0 saturated carbocycles. The predicted molar refractivity (Wildman–Crippen MR) is 58.9 cm³/mol. The van der Waals surface area contributed by atoms with Gasteiger partial charge in [-0.3, -0.25) is 0 Å². The first kappa shape index (κ1) is 12.3. The van der Waals surface area contributed by atoms with E-state index in [9.17, 15) is 8.78 Å². The molecule has 1 saturated heterocycles. The van der Waals surface area contributed by atoms with Crippen LogP contribution in [0.4, 0.5) is 8.78 Å².